The second-order valence-corrected chi connectivity index (χ2v) is 2.89. The van der Waals surface area contributed by atoms with E-state index in [1.165, 1.54) is 6.26 Å². The summed E-state index contributed by atoms with van der Waals surface area (Å²) in [4.78, 5) is 3.99. The van der Waals surface area contributed by atoms with Gasteiger partial charge in [-0.25, -0.2) is 0 Å². The van der Waals surface area contributed by atoms with Crippen molar-refractivity contribution >= 4 is 6.01 Å². The van der Waals surface area contributed by atoms with Gasteiger partial charge in [-0.3, -0.25) is 0 Å². The van der Waals surface area contributed by atoms with E-state index in [2.05, 4.69) is 4.98 Å². The second kappa shape index (κ2) is 3.51. The van der Waals surface area contributed by atoms with Crippen molar-refractivity contribution < 1.29 is 9.52 Å². The standard InChI is InChI=1S/C10H10N2O2/c11-10-12-9(6-14-10)8-4-2-1-3-7(8)5-13/h1-4,6,13H,5H2,(H2,11,12). The van der Waals surface area contributed by atoms with Crippen LogP contribution in [0.5, 0.6) is 0 Å². The van der Waals surface area contributed by atoms with Crippen LogP contribution in [0.1, 0.15) is 5.56 Å². The van der Waals surface area contributed by atoms with Crippen LogP contribution < -0.4 is 5.73 Å². The molecule has 1 aromatic heterocycles. The Balaban J connectivity index is 2.50. The number of anilines is 1. The third-order valence-corrected chi connectivity index (χ3v) is 1.99. The van der Waals surface area contributed by atoms with Crippen molar-refractivity contribution in [3.63, 3.8) is 0 Å². The number of hydrogen-bond acceptors (Lipinski definition) is 4. The molecule has 0 amide bonds. The molecular weight excluding hydrogens is 180 g/mol. The van der Waals surface area contributed by atoms with Gasteiger partial charge in [0.05, 0.1) is 6.61 Å². The van der Waals surface area contributed by atoms with Crippen LogP contribution in [-0.4, -0.2) is 10.1 Å². The topological polar surface area (TPSA) is 72.3 Å². The molecule has 0 radical (unpaired) electrons. The van der Waals surface area contributed by atoms with Crippen LogP contribution in [0, 0.1) is 0 Å². The van der Waals surface area contributed by atoms with Gasteiger partial charge in [-0.05, 0) is 5.56 Å². The first-order valence-electron chi connectivity index (χ1n) is 4.21. The summed E-state index contributed by atoms with van der Waals surface area (Å²) in [5, 5.41) is 9.10. The molecule has 0 aliphatic carbocycles. The zero-order valence-electron chi connectivity index (χ0n) is 7.47. The SMILES string of the molecule is Nc1nc(-c2ccccc2CO)co1. The molecule has 14 heavy (non-hydrogen) atoms. The van der Waals surface area contributed by atoms with E-state index in [4.69, 9.17) is 15.3 Å². The van der Waals surface area contributed by atoms with Gasteiger partial charge in [0.2, 0.25) is 0 Å². The maximum Gasteiger partial charge on any atom is 0.292 e. The van der Waals surface area contributed by atoms with Gasteiger partial charge in [-0.2, -0.15) is 4.98 Å². The predicted molar refractivity (Wildman–Crippen MR) is 52.3 cm³/mol. The number of aromatic nitrogens is 1. The van der Waals surface area contributed by atoms with Crippen LogP contribution in [0.3, 0.4) is 0 Å². The summed E-state index contributed by atoms with van der Waals surface area (Å²) in [6.45, 7) is -0.0249. The van der Waals surface area contributed by atoms with Crippen LogP contribution >= 0.6 is 0 Å². The Morgan fingerprint density at radius 3 is 2.79 bits per heavy atom. The highest BCUT2D eigenvalue weighted by atomic mass is 16.4. The maximum absolute atomic E-state index is 9.10. The largest absolute Gasteiger partial charge is 0.432 e. The third kappa shape index (κ3) is 1.47. The van der Waals surface area contributed by atoms with Crippen LogP contribution in [0.4, 0.5) is 6.01 Å². The van der Waals surface area contributed by atoms with Crippen LogP contribution in [0.15, 0.2) is 34.9 Å². The molecule has 0 spiro atoms. The number of aliphatic hydroxyl groups excluding tert-OH is 1. The van der Waals surface area contributed by atoms with E-state index in [0.717, 1.165) is 11.1 Å². The number of rotatable bonds is 2. The summed E-state index contributed by atoms with van der Waals surface area (Å²) in [5.41, 5.74) is 7.66. The molecule has 0 saturated heterocycles. The molecule has 0 aliphatic heterocycles. The Morgan fingerprint density at radius 1 is 1.36 bits per heavy atom. The molecule has 1 aromatic carbocycles. The fourth-order valence-electron chi connectivity index (χ4n) is 1.32. The molecule has 0 bridgehead atoms. The van der Waals surface area contributed by atoms with Gasteiger partial charge in [0.25, 0.3) is 6.01 Å². The molecule has 0 aliphatic rings. The quantitative estimate of drug-likeness (QED) is 0.751. The van der Waals surface area contributed by atoms with Gasteiger partial charge in [0.15, 0.2) is 0 Å². The Labute approximate surface area is 81.0 Å². The molecule has 3 N–H and O–H groups in total. The molecule has 2 rings (SSSR count). The van der Waals surface area contributed by atoms with E-state index in [1.54, 1.807) is 0 Å². The fourth-order valence-corrected chi connectivity index (χ4v) is 1.32. The minimum absolute atomic E-state index is 0.0249. The van der Waals surface area contributed by atoms with Gasteiger partial charge in [-0.1, -0.05) is 24.3 Å². The lowest BCUT2D eigenvalue weighted by Crippen LogP contribution is -1.89. The third-order valence-electron chi connectivity index (χ3n) is 1.99. The summed E-state index contributed by atoms with van der Waals surface area (Å²) in [6, 6.07) is 7.56. The Bertz CT molecular complexity index is 437. The van der Waals surface area contributed by atoms with Gasteiger partial charge >= 0.3 is 0 Å². The van der Waals surface area contributed by atoms with E-state index < -0.39 is 0 Å². The molecule has 0 fully saturated rings. The maximum atomic E-state index is 9.10. The summed E-state index contributed by atoms with van der Waals surface area (Å²) >= 11 is 0. The number of nitrogens with zero attached hydrogens (tertiary/aromatic N) is 1. The highest BCUT2D eigenvalue weighted by Gasteiger charge is 2.07. The highest BCUT2D eigenvalue weighted by molar-refractivity contribution is 5.63. The van der Waals surface area contributed by atoms with Gasteiger partial charge < -0.3 is 15.3 Å². The number of aliphatic hydroxyl groups is 1. The van der Waals surface area contributed by atoms with Crippen molar-refractivity contribution in [1.29, 1.82) is 0 Å². The van der Waals surface area contributed by atoms with Gasteiger partial charge in [0, 0.05) is 5.56 Å². The minimum Gasteiger partial charge on any atom is -0.432 e. The normalized spacial score (nSPS) is 10.4. The lowest BCUT2D eigenvalue weighted by Gasteiger charge is -2.02. The van der Waals surface area contributed by atoms with Crippen LogP contribution in [0.2, 0.25) is 0 Å². The lowest BCUT2D eigenvalue weighted by molar-refractivity contribution is 0.282. The first-order chi connectivity index (χ1) is 6.81. The molecule has 2 aromatic rings. The fraction of sp³-hybridized carbons (Fsp3) is 0.100. The van der Waals surface area contributed by atoms with Crippen LogP contribution in [-0.2, 0) is 6.61 Å². The van der Waals surface area contributed by atoms with E-state index in [0.29, 0.717) is 5.69 Å². The van der Waals surface area contributed by atoms with Crippen molar-refractivity contribution in [2.45, 2.75) is 6.61 Å². The first kappa shape index (κ1) is 8.77. The van der Waals surface area contributed by atoms with Crippen molar-refractivity contribution in [1.82, 2.24) is 4.98 Å². The molecule has 4 heteroatoms. The molecule has 72 valence electrons. The van der Waals surface area contributed by atoms with Crippen LogP contribution in [0.25, 0.3) is 11.3 Å². The number of hydrogen-bond donors (Lipinski definition) is 2. The second-order valence-electron chi connectivity index (χ2n) is 2.89. The summed E-state index contributed by atoms with van der Waals surface area (Å²) in [6.07, 6.45) is 1.48. The predicted octanol–water partition coefficient (Wildman–Crippen LogP) is 1.42. The number of nitrogen functional groups attached to an aromatic ring is 1. The Kier molecular flexibility index (Phi) is 2.20. The molecule has 1 heterocycles. The number of oxazole rings is 1. The molecule has 0 unspecified atom stereocenters. The molecule has 4 nitrogen and oxygen atoms in total. The zero-order chi connectivity index (χ0) is 9.97. The van der Waals surface area contributed by atoms with Crippen molar-refractivity contribution in [3.05, 3.63) is 36.1 Å². The summed E-state index contributed by atoms with van der Waals surface area (Å²) in [5.74, 6) is 0. The number of nitrogens with two attached hydrogens (primary N) is 1. The smallest absolute Gasteiger partial charge is 0.292 e. The average molecular weight is 190 g/mol. The summed E-state index contributed by atoms with van der Waals surface area (Å²) in [7, 11) is 0. The molecule has 0 saturated carbocycles. The van der Waals surface area contributed by atoms with E-state index in [1.807, 2.05) is 24.3 Å². The minimum atomic E-state index is -0.0249. The first-order valence-corrected chi connectivity index (χ1v) is 4.21. The van der Waals surface area contributed by atoms with E-state index >= 15 is 0 Å². The van der Waals surface area contributed by atoms with E-state index in [-0.39, 0.29) is 12.6 Å². The zero-order valence-corrected chi connectivity index (χ0v) is 7.47. The van der Waals surface area contributed by atoms with Crippen molar-refractivity contribution in [2.75, 3.05) is 5.73 Å². The van der Waals surface area contributed by atoms with Crippen molar-refractivity contribution in [2.24, 2.45) is 0 Å². The van der Waals surface area contributed by atoms with Crippen molar-refractivity contribution in [3.8, 4) is 11.3 Å². The summed E-state index contributed by atoms with van der Waals surface area (Å²) < 4.78 is 4.90. The van der Waals surface area contributed by atoms with E-state index in [9.17, 15) is 0 Å². The van der Waals surface area contributed by atoms with Gasteiger partial charge in [0.1, 0.15) is 12.0 Å². The van der Waals surface area contributed by atoms with Gasteiger partial charge in [-0.15, -0.1) is 0 Å². The molecule has 0 atom stereocenters. The lowest BCUT2D eigenvalue weighted by atomic mass is 10.1. The average Bonchev–Trinajstić information content (AvgIpc) is 2.65. The number of benzene rings is 1. The monoisotopic (exact) mass is 190 g/mol. The Hall–Kier alpha value is -1.81. The highest BCUT2D eigenvalue weighted by Crippen LogP contribution is 2.23. The Morgan fingerprint density at radius 2 is 2.14 bits per heavy atom. The molecular formula is C10H10N2O2.